The molecule has 0 fully saturated rings. The highest BCUT2D eigenvalue weighted by Gasteiger charge is 2.05. The summed E-state index contributed by atoms with van der Waals surface area (Å²) in [4.78, 5) is 4.44. The number of sulfonamides is 1. The zero-order valence-electron chi connectivity index (χ0n) is 10.7. The third-order valence-corrected chi connectivity index (χ3v) is 3.51. The smallest absolute Gasteiger partial charge is 0.209 e. The molecule has 0 radical (unpaired) electrons. The fraction of sp³-hybridized carbons (Fsp3) is 0.308. The van der Waals surface area contributed by atoms with E-state index in [0.29, 0.717) is 18.8 Å². The van der Waals surface area contributed by atoms with E-state index >= 15 is 0 Å². The predicted molar refractivity (Wildman–Crippen MR) is 74.6 cm³/mol. The molecule has 0 spiro atoms. The summed E-state index contributed by atoms with van der Waals surface area (Å²) >= 11 is 0. The van der Waals surface area contributed by atoms with E-state index in [4.69, 9.17) is 9.88 Å². The minimum atomic E-state index is -3.42. The fourth-order valence-corrected chi connectivity index (χ4v) is 2.30. The molecule has 0 aliphatic rings. The third-order valence-electron chi connectivity index (χ3n) is 2.65. The van der Waals surface area contributed by atoms with E-state index in [2.05, 4.69) is 4.98 Å². The number of nitrogens with zero attached hydrogens (tertiary/aromatic N) is 1. The van der Waals surface area contributed by atoms with Gasteiger partial charge in [-0.05, 0) is 25.5 Å². The van der Waals surface area contributed by atoms with Crippen LogP contribution in [0.3, 0.4) is 0 Å². The van der Waals surface area contributed by atoms with Gasteiger partial charge in [0.2, 0.25) is 10.0 Å². The van der Waals surface area contributed by atoms with Crippen molar-refractivity contribution in [3.05, 3.63) is 36.0 Å². The summed E-state index contributed by atoms with van der Waals surface area (Å²) < 4.78 is 27.2. The highest BCUT2D eigenvalue weighted by Crippen LogP contribution is 2.23. The fourth-order valence-electron chi connectivity index (χ4n) is 1.78. The molecule has 1 heterocycles. The van der Waals surface area contributed by atoms with Gasteiger partial charge in [-0.15, -0.1) is 0 Å². The second-order valence-electron chi connectivity index (χ2n) is 4.35. The standard InChI is InChI=1S/C13H16N2O3S/c1-10-6-7-11-4-2-5-12(13(11)15-10)18-8-3-9-19(14,16)17/h2,4-7H,3,8-9H2,1H3,(H2,14,16,17). The summed E-state index contributed by atoms with van der Waals surface area (Å²) in [6.07, 6.45) is 0.362. The Morgan fingerprint density at radius 3 is 2.79 bits per heavy atom. The van der Waals surface area contributed by atoms with Crippen molar-refractivity contribution in [3.8, 4) is 5.75 Å². The van der Waals surface area contributed by atoms with Gasteiger partial charge in [-0.25, -0.2) is 18.5 Å². The Labute approximate surface area is 112 Å². The van der Waals surface area contributed by atoms with Gasteiger partial charge in [0.25, 0.3) is 0 Å². The van der Waals surface area contributed by atoms with Crippen LogP contribution in [-0.4, -0.2) is 25.8 Å². The molecule has 2 rings (SSSR count). The first-order valence-corrected chi connectivity index (χ1v) is 7.67. The lowest BCUT2D eigenvalue weighted by atomic mass is 10.2. The third kappa shape index (κ3) is 3.90. The Balaban J connectivity index is 2.10. The number of hydrogen-bond donors (Lipinski definition) is 1. The van der Waals surface area contributed by atoms with Crippen molar-refractivity contribution >= 4 is 20.9 Å². The summed E-state index contributed by atoms with van der Waals surface area (Å²) in [6, 6.07) is 9.58. The molecule has 5 nitrogen and oxygen atoms in total. The topological polar surface area (TPSA) is 82.3 Å². The first-order chi connectivity index (χ1) is 8.96. The number of benzene rings is 1. The van der Waals surface area contributed by atoms with E-state index in [-0.39, 0.29) is 5.75 Å². The molecule has 0 saturated heterocycles. The molecule has 1 aromatic heterocycles. The molecule has 2 N–H and O–H groups in total. The number of pyridine rings is 1. The number of para-hydroxylation sites is 1. The molecule has 0 atom stereocenters. The Kier molecular flexibility index (Phi) is 4.01. The van der Waals surface area contributed by atoms with E-state index in [0.717, 1.165) is 16.6 Å². The molecule has 0 unspecified atom stereocenters. The van der Waals surface area contributed by atoms with Crippen molar-refractivity contribution < 1.29 is 13.2 Å². The molecule has 0 amide bonds. The normalized spacial score (nSPS) is 11.7. The predicted octanol–water partition coefficient (Wildman–Crippen LogP) is 1.60. The maximum absolute atomic E-state index is 10.8. The summed E-state index contributed by atoms with van der Waals surface area (Å²) in [6.45, 7) is 2.21. The number of ether oxygens (including phenoxy) is 1. The number of primary sulfonamides is 1. The molecule has 2 aromatic rings. The molecular weight excluding hydrogens is 264 g/mol. The Hall–Kier alpha value is -1.66. The van der Waals surface area contributed by atoms with Gasteiger partial charge in [-0.3, -0.25) is 0 Å². The van der Waals surface area contributed by atoms with Gasteiger partial charge in [-0.2, -0.15) is 0 Å². The van der Waals surface area contributed by atoms with Crippen molar-refractivity contribution in [2.24, 2.45) is 5.14 Å². The summed E-state index contributed by atoms with van der Waals surface area (Å²) in [5, 5.41) is 5.92. The molecule has 19 heavy (non-hydrogen) atoms. The van der Waals surface area contributed by atoms with Gasteiger partial charge in [0.1, 0.15) is 11.3 Å². The molecule has 0 saturated carbocycles. The largest absolute Gasteiger partial charge is 0.491 e. The van der Waals surface area contributed by atoms with Crippen molar-refractivity contribution in [1.29, 1.82) is 0 Å². The van der Waals surface area contributed by atoms with Gasteiger partial charge in [0.15, 0.2) is 0 Å². The Morgan fingerprint density at radius 1 is 1.26 bits per heavy atom. The monoisotopic (exact) mass is 280 g/mol. The first kappa shape index (κ1) is 13.8. The minimum absolute atomic E-state index is 0.0791. The summed E-state index contributed by atoms with van der Waals surface area (Å²) in [5.74, 6) is 0.583. The number of aromatic nitrogens is 1. The van der Waals surface area contributed by atoms with Crippen LogP contribution >= 0.6 is 0 Å². The van der Waals surface area contributed by atoms with Crippen LogP contribution in [0.4, 0.5) is 0 Å². The molecule has 102 valence electrons. The van der Waals surface area contributed by atoms with Crippen LogP contribution in [0.15, 0.2) is 30.3 Å². The lowest BCUT2D eigenvalue weighted by Crippen LogP contribution is -2.18. The van der Waals surface area contributed by atoms with Crippen LogP contribution in [0.1, 0.15) is 12.1 Å². The van der Waals surface area contributed by atoms with Gasteiger partial charge >= 0.3 is 0 Å². The van der Waals surface area contributed by atoms with Crippen LogP contribution in [0.2, 0.25) is 0 Å². The Morgan fingerprint density at radius 2 is 2.05 bits per heavy atom. The minimum Gasteiger partial charge on any atom is -0.491 e. The Bertz CT molecular complexity index is 683. The number of aryl methyl sites for hydroxylation is 1. The van der Waals surface area contributed by atoms with Crippen molar-refractivity contribution in [3.63, 3.8) is 0 Å². The molecule has 1 aromatic carbocycles. The molecular formula is C13H16N2O3S. The number of nitrogens with two attached hydrogens (primary N) is 1. The second-order valence-corrected chi connectivity index (χ2v) is 6.08. The van der Waals surface area contributed by atoms with E-state index in [9.17, 15) is 8.42 Å². The lowest BCUT2D eigenvalue weighted by molar-refractivity contribution is 0.321. The van der Waals surface area contributed by atoms with E-state index in [1.165, 1.54) is 0 Å². The van der Waals surface area contributed by atoms with Gasteiger partial charge in [-0.1, -0.05) is 18.2 Å². The quantitative estimate of drug-likeness (QED) is 0.843. The second kappa shape index (κ2) is 5.54. The van der Waals surface area contributed by atoms with Crippen LogP contribution in [0.25, 0.3) is 10.9 Å². The van der Waals surface area contributed by atoms with E-state index < -0.39 is 10.0 Å². The zero-order chi connectivity index (χ0) is 13.9. The van der Waals surface area contributed by atoms with Crippen LogP contribution in [0.5, 0.6) is 5.75 Å². The highest BCUT2D eigenvalue weighted by atomic mass is 32.2. The first-order valence-electron chi connectivity index (χ1n) is 5.95. The maximum atomic E-state index is 10.8. The van der Waals surface area contributed by atoms with Crippen LogP contribution in [-0.2, 0) is 10.0 Å². The summed E-state index contributed by atoms with van der Waals surface area (Å²) in [7, 11) is -3.42. The maximum Gasteiger partial charge on any atom is 0.209 e. The number of fused-ring (bicyclic) bond motifs is 1. The lowest BCUT2D eigenvalue weighted by Gasteiger charge is -2.08. The number of hydrogen-bond acceptors (Lipinski definition) is 4. The van der Waals surface area contributed by atoms with Crippen LogP contribution < -0.4 is 9.88 Å². The highest BCUT2D eigenvalue weighted by molar-refractivity contribution is 7.89. The summed E-state index contributed by atoms with van der Waals surface area (Å²) in [5.41, 5.74) is 1.70. The van der Waals surface area contributed by atoms with Gasteiger partial charge < -0.3 is 4.74 Å². The molecule has 0 aliphatic heterocycles. The zero-order valence-corrected chi connectivity index (χ0v) is 11.5. The average Bonchev–Trinajstić information content (AvgIpc) is 2.33. The van der Waals surface area contributed by atoms with Crippen molar-refractivity contribution in [2.75, 3.05) is 12.4 Å². The SMILES string of the molecule is Cc1ccc2cccc(OCCCS(N)(=O)=O)c2n1. The number of rotatable bonds is 5. The molecule has 0 bridgehead atoms. The molecule has 0 aliphatic carbocycles. The van der Waals surface area contributed by atoms with Crippen molar-refractivity contribution in [1.82, 2.24) is 4.98 Å². The molecule has 6 heteroatoms. The van der Waals surface area contributed by atoms with Crippen molar-refractivity contribution in [2.45, 2.75) is 13.3 Å². The van der Waals surface area contributed by atoms with E-state index in [1.807, 2.05) is 37.3 Å². The average molecular weight is 280 g/mol. The van der Waals surface area contributed by atoms with Gasteiger partial charge in [0.05, 0.1) is 12.4 Å². The van der Waals surface area contributed by atoms with E-state index in [1.54, 1.807) is 0 Å². The van der Waals surface area contributed by atoms with Crippen LogP contribution in [0, 0.1) is 6.92 Å². The van der Waals surface area contributed by atoms with Gasteiger partial charge in [0, 0.05) is 11.1 Å².